The lowest BCUT2D eigenvalue weighted by molar-refractivity contribution is -0.139. The van der Waals surface area contributed by atoms with Gasteiger partial charge in [-0.3, -0.25) is 14.6 Å². The first-order valence-electron chi connectivity index (χ1n) is 8.94. The molecule has 5 nitrogen and oxygen atoms in total. The molecule has 148 valence electrons. The lowest BCUT2D eigenvalue weighted by atomic mass is 10.1. The van der Waals surface area contributed by atoms with E-state index < -0.39 is 17.8 Å². The number of nitrogens with zero attached hydrogens (tertiary/aromatic N) is 2. The predicted molar refractivity (Wildman–Crippen MR) is 96.0 cm³/mol. The van der Waals surface area contributed by atoms with Crippen LogP contribution in [0.1, 0.15) is 29.5 Å². The third-order valence-electron chi connectivity index (χ3n) is 4.65. The van der Waals surface area contributed by atoms with E-state index in [9.17, 15) is 22.8 Å². The number of likely N-dealkylation sites (tertiary alicyclic amines) is 1. The van der Waals surface area contributed by atoms with E-state index in [2.05, 4.69) is 10.3 Å². The zero-order chi connectivity index (χ0) is 20.1. The van der Waals surface area contributed by atoms with Crippen LogP contribution in [-0.2, 0) is 28.7 Å². The number of aryl methyl sites for hydroxylation is 1. The maximum absolute atomic E-state index is 13.1. The zero-order valence-corrected chi connectivity index (χ0v) is 15.1. The van der Waals surface area contributed by atoms with Crippen LogP contribution in [0.3, 0.4) is 0 Å². The molecule has 2 heterocycles. The summed E-state index contributed by atoms with van der Waals surface area (Å²) in [5, 5.41) is 2.80. The van der Waals surface area contributed by atoms with Gasteiger partial charge in [-0.2, -0.15) is 13.2 Å². The lowest BCUT2D eigenvalue weighted by Crippen LogP contribution is -2.37. The smallest absolute Gasteiger partial charge is 0.351 e. The molecule has 1 fully saturated rings. The number of amides is 2. The van der Waals surface area contributed by atoms with E-state index in [0.717, 1.165) is 11.6 Å². The fraction of sp³-hybridized carbons (Fsp3) is 0.350. The maximum atomic E-state index is 13.1. The molecule has 1 aliphatic rings. The molecule has 2 aromatic rings. The third kappa shape index (κ3) is 5.09. The van der Waals surface area contributed by atoms with Crippen molar-refractivity contribution in [2.24, 2.45) is 0 Å². The number of hydrogen-bond donors (Lipinski definition) is 1. The van der Waals surface area contributed by atoms with E-state index in [1.54, 1.807) is 12.4 Å². The van der Waals surface area contributed by atoms with Gasteiger partial charge in [0.1, 0.15) is 0 Å². The van der Waals surface area contributed by atoms with Crippen LogP contribution in [0.2, 0.25) is 0 Å². The molecule has 3 rings (SSSR count). The van der Waals surface area contributed by atoms with Crippen molar-refractivity contribution in [1.29, 1.82) is 0 Å². The molecule has 0 radical (unpaired) electrons. The van der Waals surface area contributed by atoms with Crippen LogP contribution in [-0.4, -0.2) is 34.3 Å². The maximum Gasteiger partial charge on any atom is 0.416 e. The number of halogens is 3. The van der Waals surface area contributed by atoms with Crippen molar-refractivity contribution in [3.8, 4) is 0 Å². The number of nitrogens with one attached hydrogen (secondary N) is 1. The van der Waals surface area contributed by atoms with E-state index in [1.807, 2.05) is 12.1 Å². The summed E-state index contributed by atoms with van der Waals surface area (Å²) in [6, 6.07) is 8.48. The van der Waals surface area contributed by atoms with E-state index in [-0.39, 0.29) is 43.3 Å². The Bertz CT molecular complexity index is 840. The molecule has 0 bridgehead atoms. The van der Waals surface area contributed by atoms with Gasteiger partial charge in [-0.1, -0.05) is 18.2 Å². The minimum atomic E-state index is -4.47. The number of carbonyl (C=O) groups excluding carboxylic acids is 2. The number of benzene rings is 1. The van der Waals surface area contributed by atoms with Gasteiger partial charge in [0.25, 0.3) is 0 Å². The third-order valence-corrected chi connectivity index (χ3v) is 4.65. The number of alkyl halides is 3. The quantitative estimate of drug-likeness (QED) is 0.824. The number of carbonyl (C=O) groups is 2. The molecule has 0 unspecified atom stereocenters. The molecule has 1 atom stereocenters. The predicted octanol–water partition coefficient (Wildman–Crippen LogP) is 2.95. The number of rotatable bonds is 6. The Morgan fingerprint density at radius 2 is 1.89 bits per heavy atom. The van der Waals surface area contributed by atoms with Crippen molar-refractivity contribution in [2.75, 3.05) is 6.54 Å². The van der Waals surface area contributed by atoms with Crippen molar-refractivity contribution in [3.63, 3.8) is 0 Å². The first-order chi connectivity index (χ1) is 13.3. The molecular weight excluding hydrogens is 371 g/mol. The fourth-order valence-corrected chi connectivity index (χ4v) is 3.27. The standard InChI is InChI=1S/C20H20F3N3O2/c21-20(22,23)17-4-2-1-3-15(17)12-26-13-16(11-19(26)28)25-18(27)6-5-14-7-9-24-10-8-14/h1-4,7-10,16H,5-6,11-13H2,(H,25,27)/t16-/m1/s1. The van der Waals surface area contributed by atoms with Crippen LogP contribution in [0, 0.1) is 0 Å². The molecule has 0 saturated carbocycles. The molecular formula is C20H20F3N3O2. The second-order valence-corrected chi connectivity index (χ2v) is 6.75. The highest BCUT2D eigenvalue weighted by molar-refractivity contribution is 5.82. The second kappa shape index (κ2) is 8.41. The van der Waals surface area contributed by atoms with Crippen LogP contribution in [0.5, 0.6) is 0 Å². The van der Waals surface area contributed by atoms with Gasteiger partial charge in [0.05, 0.1) is 11.6 Å². The average molecular weight is 391 g/mol. The summed E-state index contributed by atoms with van der Waals surface area (Å²) in [7, 11) is 0. The Morgan fingerprint density at radius 1 is 1.18 bits per heavy atom. The SMILES string of the molecule is O=C(CCc1ccncc1)N[C@@H]1CC(=O)N(Cc2ccccc2C(F)(F)F)C1. The highest BCUT2D eigenvalue weighted by atomic mass is 19.4. The van der Waals surface area contributed by atoms with Gasteiger partial charge in [-0.15, -0.1) is 0 Å². The Labute approximate surface area is 160 Å². The molecule has 1 N–H and O–H groups in total. The monoisotopic (exact) mass is 391 g/mol. The first-order valence-corrected chi connectivity index (χ1v) is 8.94. The summed E-state index contributed by atoms with van der Waals surface area (Å²) >= 11 is 0. The number of aromatic nitrogens is 1. The van der Waals surface area contributed by atoms with Crippen LogP contribution < -0.4 is 5.32 Å². The minimum absolute atomic E-state index is 0.0491. The van der Waals surface area contributed by atoms with Gasteiger partial charge in [0, 0.05) is 38.3 Å². The molecule has 1 aliphatic heterocycles. The normalized spacial score (nSPS) is 17.0. The van der Waals surface area contributed by atoms with Crippen LogP contribution in [0.15, 0.2) is 48.8 Å². The van der Waals surface area contributed by atoms with Crippen molar-refractivity contribution < 1.29 is 22.8 Å². The highest BCUT2D eigenvalue weighted by Crippen LogP contribution is 2.32. The summed E-state index contributed by atoms with van der Waals surface area (Å²) in [4.78, 5) is 29.6. The van der Waals surface area contributed by atoms with E-state index >= 15 is 0 Å². The molecule has 1 saturated heterocycles. The van der Waals surface area contributed by atoms with E-state index in [1.165, 1.54) is 23.1 Å². The molecule has 2 amide bonds. The topological polar surface area (TPSA) is 62.3 Å². The van der Waals surface area contributed by atoms with Crippen LogP contribution in [0.4, 0.5) is 13.2 Å². The molecule has 8 heteroatoms. The van der Waals surface area contributed by atoms with Crippen molar-refractivity contribution in [1.82, 2.24) is 15.2 Å². The van der Waals surface area contributed by atoms with Crippen LogP contribution in [0.25, 0.3) is 0 Å². The van der Waals surface area contributed by atoms with Crippen molar-refractivity contribution in [2.45, 2.75) is 38.0 Å². The fourth-order valence-electron chi connectivity index (χ4n) is 3.27. The largest absolute Gasteiger partial charge is 0.416 e. The second-order valence-electron chi connectivity index (χ2n) is 6.75. The zero-order valence-electron chi connectivity index (χ0n) is 15.1. The molecule has 0 spiro atoms. The molecule has 1 aromatic carbocycles. The van der Waals surface area contributed by atoms with Gasteiger partial charge in [-0.05, 0) is 35.7 Å². The Kier molecular flexibility index (Phi) is 5.96. The lowest BCUT2D eigenvalue weighted by Gasteiger charge is -2.20. The van der Waals surface area contributed by atoms with Gasteiger partial charge in [-0.25, -0.2) is 0 Å². The van der Waals surface area contributed by atoms with Gasteiger partial charge in [0.2, 0.25) is 11.8 Å². The summed E-state index contributed by atoms with van der Waals surface area (Å²) in [6.07, 6.45) is -0.252. The van der Waals surface area contributed by atoms with Gasteiger partial charge < -0.3 is 10.2 Å². The summed E-state index contributed by atoms with van der Waals surface area (Å²) in [5.41, 5.74) is 0.290. The highest BCUT2D eigenvalue weighted by Gasteiger charge is 2.35. The van der Waals surface area contributed by atoms with E-state index in [4.69, 9.17) is 0 Å². The Balaban J connectivity index is 1.55. The Hall–Kier alpha value is -2.90. The van der Waals surface area contributed by atoms with Gasteiger partial charge >= 0.3 is 6.18 Å². The number of pyridine rings is 1. The summed E-state index contributed by atoms with van der Waals surface area (Å²) in [6.45, 7) is 0.0733. The Morgan fingerprint density at radius 3 is 2.61 bits per heavy atom. The molecule has 28 heavy (non-hydrogen) atoms. The number of hydrogen-bond acceptors (Lipinski definition) is 3. The first kappa shape index (κ1) is 19.9. The van der Waals surface area contributed by atoms with E-state index in [0.29, 0.717) is 6.42 Å². The van der Waals surface area contributed by atoms with Crippen molar-refractivity contribution in [3.05, 3.63) is 65.5 Å². The van der Waals surface area contributed by atoms with Crippen LogP contribution >= 0.6 is 0 Å². The van der Waals surface area contributed by atoms with Gasteiger partial charge in [0.15, 0.2) is 0 Å². The average Bonchev–Trinajstić information content (AvgIpc) is 2.99. The minimum Gasteiger partial charge on any atom is -0.351 e. The van der Waals surface area contributed by atoms with Crippen molar-refractivity contribution >= 4 is 11.8 Å². The molecule has 1 aromatic heterocycles. The molecule has 0 aliphatic carbocycles. The summed E-state index contributed by atoms with van der Waals surface area (Å²) < 4.78 is 39.4. The summed E-state index contributed by atoms with van der Waals surface area (Å²) in [5.74, 6) is -0.455.